The Morgan fingerprint density at radius 3 is 2.74 bits per heavy atom. The second kappa shape index (κ2) is 5.40. The molecule has 1 fully saturated rings. The molecular formula is C13H16BrN5. The van der Waals surface area contributed by atoms with Crippen LogP contribution in [-0.4, -0.2) is 53.1 Å². The Kier molecular flexibility index (Phi) is 3.63. The number of hydrazine groups is 1. The molecule has 1 aromatic carbocycles. The number of anilines is 1. The molecule has 5 nitrogen and oxygen atoms in total. The first-order chi connectivity index (χ1) is 9.24. The van der Waals surface area contributed by atoms with Crippen molar-refractivity contribution in [3.05, 3.63) is 29.0 Å². The number of hydrogen-bond donors (Lipinski definition) is 1. The number of nitrogens with one attached hydrogen (secondary N) is 1. The maximum Gasteiger partial charge on any atom is 0.151 e. The lowest BCUT2D eigenvalue weighted by Crippen LogP contribution is -2.47. The van der Waals surface area contributed by atoms with E-state index in [9.17, 15) is 0 Å². The number of fused-ring (bicyclic) bond motifs is 1. The average molecular weight is 322 g/mol. The van der Waals surface area contributed by atoms with Crippen LogP contribution >= 0.6 is 15.9 Å². The van der Waals surface area contributed by atoms with E-state index in [1.54, 1.807) is 6.33 Å². The van der Waals surface area contributed by atoms with Crippen LogP contribution in [0, 0.1) is 0 Å². The summed E-state index contributed by atoms with van der Waals surface area (Å²) in [6, 6.07) is 6.04. The molecule has 0 radical (unpaired) electrons. The summed E-state index contributed by atoms with van der Waals surface area (Å²) in [6.45, 7) is 4.13. The summed E-state index contributed by atoms with van der Waals surface area (Å²) < 4.78 is 0.994. The molecule has 1 N–H and O–H groups in total. The first-order valence-electron chi connectivity index (χ1n) is 6.33. The third kappa shape index (κ3) is 2.70. The highest BCUT2D eigenvalue weighted by Gasteiger charge is 2.15. The maximum atomic E-state index is 4.36. The first kappa shape index (κ1) is 12.8. The molecule has 0 atom stereocenters. The van der Waals surface area contributed by atoms with Gasteiger partial charge in [-0.1, -0.05) is 6.07 Å². The van der Waals surface area contributed by atoms with Crippen LogP contribution in [0.5, 0.6) is 0 Å². The maximum absolute atomic E-state index is 4.36. The Hall–Kier alpha value is -1.24. The third-order valence-corrected chi connectivity index (χ3v) is 4.02. The number of likely N-dealkylation sites (N-methyl/N-ethyl adjacent to an activating group) is 1. The van der Waals surface area contributed by atoms with E-state index in [4.69, 9.17) is 0 Å². The molecule has 1 aliphatic heterocycles. The van der Waals surface area contributed by atoms with Gasteiger partial charge in [-0.25, -0.2) is 15.0 Å². The van der Waals surface area contributed by atoms with E-state index in [1.165, 1.54) is 0 Å². The van der Waals surface area contributed by atoms with Gasteiger partial charge in [0.15, 0.2) is 5.82 Å². The Morgan fingerprint density at radius 2 is 1.95 bits per heavy atom. The number of hydrogen-bond acceptors (Lipinski definition) is 5. The Balaban J connectivity index is 1.87. The highest BCUT2D eigenvalue weighted by atomic mass is 79.9. The summed E-state index contributed by atoms with van der Waals surface area (Å²) in [5, 5.41) is 3.25. The van der Waals surface area contributed by atoms with Crippen molar-refractivity contribution in [1.29, 1.82) is 0 Å². The average Bonchev–Trinajstić information content (AvgIpc) is 2.43. The molecule has 0 aliphatic carbocycles. The van der Waals surface area contributed by atoms with Crippen LogP contribution in [0.25, 0.3) is 10.9 Å². The normalized spacial score (nSPS) is 17.8. The molecule has 3 rings (SSSR count). The molecule has 2 heterocycles. The molecule has 0 bridgehead atoms. The highest BCUT2D eigenvalue weighted by molar-refractivity contribution is 9.10. The lowest BCUT2D eigenvalue weighted by molar-refractivity contribution is 0.178. The van der Waals surface area contributed by atoms with E-state index >= 15 is 0 Å². The molecule has 0 amide bonds. The summed E-state index contributed by atoms with van der Waals surface area (Å²) in [7, 11) is 2.15. The fraction of sp³-hybridized carbons (Fsp3) is 0.385. The van der Waals surface area contributed by atoms with Crippen LogP contribution in [0.2, 0.25) is 0 Å². The third-order valence-electron chi connectivity index (χ3n) is 3.38. The second-order valence-corrected chi connectivity index (χ2v) is 5.61. The second-order valence-electron chi connectivity index (χ2n) is 4.76. The van der Waals surface area contributed by atoms with Crippen molar-refractivity contribution in [3.63, 3.8) is 0 Å². The molecule has 0 spiro atoms. The minimum Gasteiger partial charge on any atom is -0.304 e. The van der Waals surface area contributed by atoms with Gasteiger partial charge in [-0.05, 0) is 35.1 Å². The topological polar surface area (TPSA) is 44.3 Å². The summed E-state index contributed by atoms with van der Waals surface area (Å²) in [4.78, 5) is 11.0. The van der Waals surface area contributed by atoms with Gasteiger partial charge in [-0.15, -0.1) is 0 Å². The Morgan fingerprint density at radius 1 is 1.16 bits per heavy atom. The molecule has 0 unspecified atom stereocenters. The number of aromatic nitrogens is 2. The Bertz CT molecular complexity index is 580. The van der Waals surface area contributed by atoms with E-state index < -0.39 is 0 Å². The number of halogens is 1. The van der Waals surface area contributed by atoms with Gasteiger partial charge in [0.05, 0.1) is 5.52 Å². The molecule has 100 valence electrons. The molecule has 0 saturated carbocycles. The zero-order chi connectivity index (χ0) is 13.2. The van der Waals surface area contributed by atoms with Gasteiger partial charge in [0.2, 0.25) is 0 Å². The lowest BCUT2D eigenvalue weighted by Gasteiger charge is -2.32. The largest absolute Gasteiger partial charge is 0.304 e. The smallest absolute Gasteiger partial charge is 0.151 e. The SMILES string of the molecule is CN1CCN(Nc2ncnc3c(Br)cccc23)CC1. The fourth-order valence-electron chi connectivity index (χ4n) is 2.21. The van der Waals surface area contributed by atoms with Crippen LogP contribution in [0.4, 0.5) is 5.82 Å². The fourth-order valence-corrected chi connectivity index (χ4v) is 2.68. The van der Waals surface area contributed by atoms with Crippen LogP contribution in [-0.2, 0) is 0 Å². The number of para-hydroxylation sites is 1. The number of benzene rings is 1. The van der Waals surface area contributed by atoms with E-state index in [-0.39, 0.29) is 0 Å². The van der Waals surface area contributed by atoms with Crippen molar-refractivity contribution in [3.8, 4) is 0 Å². The molecule has 6 heteroatoms. The molecule has 1 aromatic heterocycles. The highest BCUT2D eigenvalue weighted by Crippen LogP contribution is 2.25. The zero-order valence-corrected chi connectivity index (χ0v) is 12.4. The summed E-state index contributed by atoms with van der Waals surface area (Å²) in [6.07, 6.45) is 1.60. The van der Waals surface area contributed by atoms with Gasteiger partial charge in [0.25, 0.3) is 0 Å². The lowest BCUT2D eigenvalue weighted by atomic mass is 10.2. The van der Waals surface area contributed by atoms with Gasteiger partial charge in [-0.3, -0.25) is 0 Å². The van der Waals surface area contributed by atoms with E-state index in [0.29, 0.717) is 0 Å². The van der Waals surface area contributed by atoms with E-state index in [1.807, 2.05) is 18.2 Å². The van der Waals surface area contributed by atoms with Crippen LogP contribution in [0.1, 0.15) is 0 Å². The Labute approximate surface area is 120 Å². The van der Waals surface area contributed by atoms with Crippen molar-refractivity contribution in [2.24, 2.45) is 0 Å². The predicted molar refractivity (Wildman–Crippen MR) is 79.9 cm³/mol. The number of rotatable bonds is 2. The number of piperazine rings is 1. The zero-order valence-electron chi connectivity index (χ0n) is 10.8. The number of nitrogens with zero attached hydrogens (tertiary/aromatic N) is 4. The van der Waals surface area contributed by atoms with E-state index in [0.717, 1.165) is 47.4 Å². The van der Waals surface area contributed by atoms with Gasteiger partial charge in [-0.2, -0.15) is 0 Å². The van der Waals surface area contributed by atoms with Gasteiger partial charge in [0.1, 0.15) is 6.33 Å². The van der Waals surface area contributed by atoms with Crippen molar-refractivity contribution < 1.29 is 0 Å². The standard InChI is InChI=1S/C13H16BrN5/c1-18-5-7-19(8-6-18)17-13-10-3-2-4-11(14)12(10)15-9-16-13/h2-4,9H,5-8H2,1H3,(H,15,16,17). The first-order valence-corrected chi connectivity index (χ1v) is 7.13. The van der Waals surface area contributed by atoms with Gasteiger partial charge < -0.3 is 10.3 Å². The molecule has 1 aliphatic rings. The van der Waals surface area contributed by atoms with E-state index in [2.05, 4.69) is 48.3 Å². The molecule has 2 aromatic rings. The van der Waals surface area contributed by atoms with Crippen molar-refractivity contribution in [1.82, 2.24) is 19.9 Å². The molecule has 1 saturated heterocycles. The molecule has 19 heavy (non-hydrogen) atoms. The molecular weight excluding hydrogens is 306 g/mol. The summed E-state index contributed by atoms with van der Waals surface area (Å²) in [5.74, 6) is 0.871. The minimum absolute atomic E-state index is 0.871. The van der Waals surface area contributed by atoms with Crippen LogP contribution in [0.3, 0.4) is 0 Å². The minimum atomic E-state index is 0.871. The van der Waals surface area contributed by atoms with Crippen LogP contribution < -0.4 is 5.43 Å². The van der Waals surface area contributed by atoms with Gasteiger partial charge >= 0.3 is 0 Å². The van der Waals surface area contributed by atoms with Crippen molar-refractivity contribution >= 4 is 32.7 Å². The van der Waals surface area contributed by atoms with Gasteiger partial charge in [0, 0.05) is 36.0 Å². The quantitative estimate of drug-likeness (QED) is 0.916. The van der Waals surface area contributed by atoms with Crippen LogP contribution in [0.15, 0.2) is 29.0 Å². The summed E-state index contributed by atoms with van der Waals surface area (Å²) >= 11 is 3.53. The summed E-state index contributed by atoms with van der Waals surface area (Å²) in [5.41, 5.74) is 4.35. The predicted octanol–water partition coefficient (Wildman–Crippen LogP) is 1.97. The van der Waals surface area contributed by atoms with Crippen molar-refractivity contribution in [2.75, 3.05) is 38.7 Å². The van der Waals surface area contributed by atoms with Crippen molar-refractivity contribution in [2.45, 2.75) is 0 Å². The monoisotopic (exact) mass is 321 g/mol.